The molecular formula is C22H30ClN5O. The molecule has 1 aromatic carbocycles. The highest BCUT2D eigenvalue weighted by atomic mass is 35.5. The summed E-state index contributed by atoms with van der Waals surface area (Å²) in [6.07, 6.45) is 6.10. The molecule has 156 valence electrons. The lowest BCUT2D eigenvalue weighted by atomic mass is 10.0. The molecule has 2 unspecified atom stereocenters. The second-order valence-corrected chi connectivity index (χ2v) is 8.64. The van der Waals surface area contributed by atoms with E-state index in [-0.39, 0.29) is 12.6 Å². The fourth-order valence-corrected chi connectivity index (χ4v) is 4.65. The average molecular weight is 416 g/mol. The summed E-state index contributed by atoms with van der Waals surface area (Å²) in [4.78, 5) is 13.5. The number of anilines is 3. The molecule has 0 radical (unpaired) electrons. The number of rotatable bonds is 6. The molecule has 2 aliphatic heterocycles. The summed E-state index contributed by atoms with van der Waals surface area (Å²) in [5, 5.41) is 14.0. The van der Waals surface area contributed by atoms with Crippen LogP contribution in [0.3, 0.4) is 0 Å². The summed E-state index contributed by atoms with van der Waals surface area (Å²) < 4.78 is 0. The van der Waals surface area contributed by atoms with Crippen molar-refractivity contribution in [3.05, 3.63) is 41.2 Å². The summed E-state index contributed by atoms with van der Waals surface area (Å²) in [6.45, 7) is 6.21. The number of nitrogens with one attached hydrogen (secondary N) is 1. The zero-order chi connectivity index (χ0) is 20.2. The van der Waals surface area contributed by atoms with Gasteiger partial charge in [-0.2, -0.15) is 0 Å². The molecule has 1 aromatic heterocycles. The van der Waals surface area contributed by atoms with Gasteiger partial charge < -0.3 is 20.2 Å². The Morgan fingerprint density at radius 2 is 2.07 bits per heavy atom. The van der Waals surface area contributed by atoms with E-state index >= 15 is 0 Å². The van der Waals surface area contributed by atoms with Crippen LogP contribution in [-0.4, -0.2) is 53.9 Å². The van der Waals surface area contributed by atoms with Crippen molar-refractivity contribution in [2.45, 2.75) is 38.6 Å². The molecule has 2 aromatic rings. The monoisotopic (exact) mass is 415 g/mol. The molecule has 7 heteroatoms. The fourth-order valence-electron chi connectivity index (χ4n) is 4.48. The van der Waals surface area contributed by atoms with Crippen LogP contribution < -0.4 is 15.1 Å². The van der Waals surface area contributed by atoms with Crippen LogP contribution in [0.15, 0.2) is 30.6 Å². The van der Waals surface area contributed by atoms with Gasteiger partial charge in [-0.15, -0.1) is 0 Å². The first-order valence-corrected chi connectivity index (χ1v) is 11.0. The van der Waals surface area contributed by atoms with Crippen LogP contribution in [0.5, 0.6) is 0 Å². The maximum atomic E-state index is 9.68. The Labute approximate surface area is 177 Å². The number of benzene rings is 1. The highest BCUT2D eigenvalue weighted by molar-refractivity contribution is 6.30. The standard InChI is InChI=1S/C22H30ClN5O/c1-16-5-6-18(23)10-20(16)27-9-7-17(13-27)12-24-21-11-22(26-15-25-21)28-8-3-2-4-19(28)14-29/h5-6,10-11,15,17,19,29H,2-4,7-9,12-14H2,1H3,(H,24,25,26). The lowest BCUT2D eigenvalue weighted by Gasteiger charge is -2.35. The molecule has 2 fully saturated rings. The zero-order valence-electron chi connectivity index (χ0n) is 17.0. The van der Waals surface area contributed by atoms with E-state index < -0.39 is 0 Å². The van der Waals surface area contributed by atoms with E-state index in [1.54, 1.807) is 6.33 Å². The molecule has 29 heavy (non-hydrogen) atoms. The summed E-state index contributed by atoms with van der Waals surface area (Å²) >= 11 is 6.20. The molecular weight excluding hydrogens is 386 g/mol. The number of piperidine rings is 1. The predicted octanol–water partition coefficient (Wildman–Crippen LogP) is 3.73. The summed E-state index contributed by atoms with van der Waals surface area (Å²) in [7, 11) is 0. The van der Waals surface area contributed by atoms with E-state index in [1.165, 1.54) is 17.7 Å². The van der Waals surface area contributed by atoms with E-state index in [0.29, 0.717) is 5.92 Å². The van der Waals surface area contributed by atoms with Gasteiger partial charge in [0.2, 0.25) is 0 Å². The SMILES string of the molecule is Cc1ccc(Cl)cc1N1CCC(CNc2cc(N3CCCCC3CO)ncn2)C1. The summed E-state index contributed by atoms with van der Waals surface area (Å²) in [5.74, 6) is 2.32. The van der Waals surface area contributed by atoms with Gasteiger partial charge in [0, 0.05) is 43.0 Å². The number of aryl methyl sites for hydroxylation is 1. The molecule has 3 heterocycles. The summed E-state index contributed by atoms with van der Waals surface area (Å²) in [5.41, 5.74) is 2.51. The van der Waals surface area contributed by atoms with Crippen LogP contribution in [0.1, 0.15) is 31.2 Å². The van der Waals surface area contributed by atoms with E-state index in [4.69, 9.17) is 11.6 Å². The van der Waals surface area contributed by atoms with Crippen molar-refractivity contribution in [3.8, 4) is 0 Å². The Morgan fingerprint density at radius 3 is 2.93 bits per heavy atom. The average Bonchev–Trinajstić information content (AvgIpc) is 3.23. The Kier molecular flexibility index (Phi) is 6.40. The first-order chi connectivity index (χ1) is 14.1. The molecule has 0 aliphatic carbocycles. The second-order valence-electron chi connectivity index (χ2n) is 8.20. The molecule has 2 atom stereocenters. The van der Waals surface area contributed by atoms with Crippen LogP contribution in [0.2, 0.25) is 5.02 Å². The number of aromatic nitrogens is 2. The van der Waals surface area contributed by atoms with Crippen molar-refractivity contribution >= 4 is 28.9 Å². The van der Waals surface area contributed by atoms with Crippen molar-refractivity contribution in [2.75, 3.05) is 47.9 Å². The molecule has 4 rings (SSSR count). The van der Waals surface area contributed by atoms with Gasteiger partial charge in [0.15, 0.2) is 0 Å². The Balaban J connectivity index is 1.36. The predicted molar refractivity (Wildman–Crippen MR) is 119 cm³/mol. The van der Waals surface area contributed by atoms with Crippen molar-refractivity contribution in [1.29, 1.82) is 0 Å². The quantitative estimate of drug-likeness (QED) is 0.749. The van der Waals surface area contributed by atoms with Gasteiger partial charge in [0.05, 0.1) is 12.6 Å². The number of halogens is 1. The van der Waals surface area contributed by atoms with Gasteiger partial charge in [-0.3, -0.25) is 0 Å². The van der Waals surface area contributed by atoms with Crippen molar-refractivity contribution in [2.24, 2.45) is 5.92 Å². The van der Waals surface area contributed by atoms with E-state index in [9.17, 15) is 5.11 Å². The molecule has 0 saturated carbocycles. The third-order valence-corrected chi connectivity index (χ3v) is 6.39. The molecule has 2 aliphatic rings. The van der Waals surface area contributed by atoms with Crippen molar-refractivity contribution in [1.82, 2.24) is 9.97 Å². The van der Waals surface area contributed by atoms with Gasteiger partial charge in [0.25, 0.3) is 0 Å². The van der Waals surface area contributed by atoms with Gasteiger partial charge in [-0.25, -0.2) is 9.97 Å². The van der Waals surface area contributed by atoms with Gasteiger partial charge in [0.1, 0.15) is 18.0 Å². The highest BCUT2D eigenvalue weighted by Gasteiger charge is 2.25. The molecule has 0 bridgehead atoms. The Morgan fingerprint density at radius 1 is 1.17 bits per heavy atom. The third kappa shape index (κ3) is 4.75. The van der Waals surface area contributed by atoms with Crippen LogP contribution in [-0.2, 0) is 0 Å². The maximum absolute atomic E-state index is 9.68. The molecule has 0 spiro atoms. The lowest BCUT2D eigenvalue weighted by Crippen LogP contribution is -2.42. The maximum Gasteiger partial charge on any atom is 0.134 e. The number of aliphatic hydroxyl groups is 1. The molecule has 2 N–H and O–H groups in total. The lowest BCUT2D eigenvalue weighted by molar-refractivity contribution is 0.239. The first kappa shape index (κ1) is 20.2. The van der Waals surface area contributed by atoms with Gasteiger partial charge in [-0.05, 0) is 56.2 Å². The first-order valence-electron chi connectivity index (χ1n) is 10.6. The van der Waals surface area contributed by atoms with Gasteiger partial charge in [-0.1, -0.05) is 17.7 Å². The largest absolute Gasteiger partial charge is 0.394 e. The third-order valence-electron chi connectivity index (χ3n) is 6.15. The van der Waals surface area contributed by atoms with E-state index in [1.807, 2.05) is 12.1 Å². The smallest absolute Gasteiger partial charge is 0.134 e. The minimum atomic E-state index is 0.163. The highest BCUT2D eigenvalue weighted by Crippen LogP contribution is 2.30. The Bertz CT molecular complexity index is 833. The van der Waals surface area contributed by atoms with E-state index in [2.05, 4.69) is 44.1 Å². The minimum Gasteiger partial charge on any atom is -0.394 e. The normalized spacial score (nSPS) is 22.2. The van der Waals surface area contributed by atoms with E-state index in [0.717, 1.165) is 62.1 Å². The fraction of sp³-hybridized carbons (Fsp3) is 0.545. The molecule has 2 saturated heterocycles. The number of aliphatic hydroxyl groups excluding tert-OH is 1. The van der Waals surface area contributed by atoms with Crippen molar-refractivity contribution in [3.63, 3.8) is 0 Å². The van der Waals surface area contributed by atoms with Gasteiger partial charge >= 0.3 is 0 Å². The Hall–Kier alpha value is -2.05. The van der Waals surface area contributed by atoms with Crippen LogP contribution in [0.4, 0.5) is 17.3 Å². The second kappa shape index (κ2) is 9.18. The van der Waals surface area contributed by atoms with Crippen LogP contribution in [0.25, 0.3) is 0 Å². The molecule has 6 nitrogen and oxygen atoms in total. The zero-order valence-corrected chi connectivity index (χ0v) is 17.8. The number of hydrogen-bond acceptors (Lipinski definition) is 6. The minimum absolute atomic E-state index is 0.163. The summed E-state index contributed by atoms with van der Waals surface area (Å²) in [6, 6.07) is 8.29. The number of hydrogen-bond donors (Lipinski definition) is 2. The van der Waals surface area contributed by atoms with Crippen LogP contribution in [0, 0.1) is 12.8 Å². The van der Waals surface area contributed by atoms with Crippen LogP contribution >= 0.6 is 11.6 Å². The molecule has 0 amide bonds. The number of nitrogens with zero attached hydrogens (tertiary/aromatic N) is 4. The van der Waals surface area contributed by atoms with Crippen molar-refractivity contribution < 1.29 is 5.11 Å². The topological polar surface area (TPSA) is 64.5 Å².